The first-order valence-electron chi connectivity index (χ1n) is 9.54. The van der Waals surface area contributed by atoms with E-state index in [9.17, 15) is 9.59 Å². The van der Waals surface area contributed by atoms with Crippen molar-refractivity contribution in [3.8, 4) is 5.75 Å². The molecule has 3 rings (SSSR count). The summed E-state index contributed by atoms with van der Waals surface area (Å²) in [5.74, 6) is 0.497. The van der Waals surface area contributed by atoms with Gasteiger partial charge in [-0.3, -0.25) is 9.59 Å². The molecule has 2 aromatic carbocycles. The van der Waals surface area contributed by atoms with Crippen molar-refractivity contribution in [2.75, 3.05) is 26.9 Å². The Hall–Kier alpha value is -2.86. The number of benzene rings is 2. The Morgan fingerprint density at radius 2 is 1.89 bits per heavy atom. The standard InChI is InChI=1S/C22H26N2O4/c1-3-28-17-11-9-16(10-12-17)15-24-20(21(25)23-13-6-14-27-2)18-7-4-5-8-19(18)22(24)26/h4-5,7-12,20H,3,6,13-15H2,1-2H3,(H,23,25). The normalized spacial score (nSPS) is 15.4. The van der Waals surface area contributed by atoms with Crippen LogP contribution in [0.2, 0.25) is 0 Å². The molecule has 0 spiro atoms. The van der Waals surface area contributed by atoms with Gasteiger partial charge in [-0.1, -0.05) is 30.3 Å². The molecule has 1 unspecified atom stereocenters. The molecular weight excluding hydrogens is 356 g/mol. The predicted octanol–water partition coefficient (Wildman–Crippen LogP) is 2.94. The van der Waals surface area contributed by atoms with Crippen molar-refractivity contribution in [3.63, 3.8) is 0 Å². The number of rotatable bonds is 9. The Labute approximate surface area is 165 Å². The first-order valence-corrected chi connectivity index (χ1v) is 9.54. The molecule has 6 nitrogen and oxygen atoms in total. The van der Waals surface area contributed by atoms with Gasteiger partial charge in [-0.25, -0.2) is 0 Å². The fourth-order valence-electron chi connectivity index (χ4n) is 3.40. The highest BCUT2D eigenvalue weighted by Crippen LogP contribution is 2.35. The Morgan fingerprint density at radius 3 is 2.61 bits per heavy atom. The first kappa shape index (κ1) is 19.9. The van der Waals surface area contributed by atoms with Crippen LogP contribution in [0.25, 0.3) is 0 Å². The van der Waals surface area contributed by atoms with Crippen LogP contribution in [0.1, 0.15) is 40.9 Å². The zero-order chi connectivity index (χ0) is 19.9. The highest BCUT2D eigenvalue weighted by molar-refractivity contribution is 6.04. The molecule has 2 amide bonds. The molecule has 0 aromatic heterocycles. The van der Waals surface area contributed by atoms with Gasteiger partial charge in [0, 0.05) is 32.4 Å². The lowest BCUT2D eigenvalue weighted by atomic mass is 10.0. The van der Waals surface area contributed by atoms with Crippen LogP contribution < -0.4 is 10.1 Å². The van der Waals surface area contributed by atoms with Crippen molar-refractivity contribution in [3.05, 3.63) is 65.2 Å². The number of carbonyl (C=O) groups is 2. The van der Waals surface area contributed by atoms with Crippen LogP contribution in [0.3, 0.4) is 0 Å². The average molecular weight is 382 g/mol. The SMILES string of the molecule is CCOc1ccc(CN2C(=O)c3ccccc3C2C(=O)NCCCOC)cc1. The minimum absolute atomic E-state index is 0.124. The van der Waals surface area contributed by atoms with Gasteiger partial charge < -0.3 is 19.7 Å². The van der Waals surface area contributed by atoms with Gasteiger partial charge in [0.05, 0.1) is 6.61 Å². The van der Waals surface area contributed by atoms with E-state index in [4.69, 9.17) is 9.47 Å². The van der Waals surface area contributed by atoms with Crippen LogP contribution in [-0.4, -0.2) is 43.6 Å². The number of nitrogens with one attached hydrogen (secondary N) is 1. The fourth-order valence-corrected chi connectivity index (χ4v) is 3.40. The fraction of sp³-hybridized carbons (Fsp3) is 0.364. The summed E-state index contributed by atoms with van der Waals surface area (Å²) in [6, 6.07) is 14.3. The Balaban J connectivity index is 1.79. The van der Waals surface area contributed by atoms with E-state index >= 15 is 0 Å². The van der Waals surface area contributed by atoms with E-state index in [1.165, 1.54) is 0 Å². The highest BCUT2D eigenvalue weighted by atomic mass is 16.5. The average Bonchev–Trinajstić information content (AvgIpc) is 2.99. The minimum atomic E-state index is -0.627. The molecule has 0 bridgehead atoms. The summed E-state index contributed by atoms with van der Waals surface area (Å²) >= 11 is 0. The Bertz CT molecular complexity index is 820. The summed E-state index contributed by atoms with van der Waals surface area (Å²) in [7, 11) is 1.63. The molecule has 1 aliphatic rings. The van der Waals surface area contributed by atoms with Crippen LogP contribution in [0.4, 0.5) is 0 Å². The Kier molecular flexibility index (Phi) is 6.66. The van der Waals surface area contributed by atoms with E-state index in [0.29, 0.717) is 31.9 Å². The van der Waals surface area contributed by atoms with Crippen molar-refractivity contribution in [1.82, 2.24) is 10.2 Å². The lowest BCUT2D eigenvalue weighted by Gasteiger charge is -2.25. The van der Waals surface area contributed by atoms with E-state index in [1.54, 1.807) is 18.1 Å². The zero-order valence-electron chi connectivity index (χ0n) is 16.3. The van der Waals surface area contributed by atoms with Gasteiger partial charge in [-0.05, 0) is 42.7 Å². The first-order chi connectivity index (χ1) is 13.7. The van der Waals surface area contributed by atoms with E-state index in [0.717, 1.165) is 23.3 Å². The summed E-state index contributed by atoms with van der Waals surface area (Å²) < 4.78 is 10.5. The molecule has 0 saturated heterocycles. The Morgan fingerprint density at radius 1 is 1.14 bits per heavy atom. The molecule has 6 heteroatoms. The predicted molar refractivity (Wildman–Crippen MR) is 106 cm³/mol. The molecule has 28 heavy (non-hydrogen) atoms. The van der Waals surface area contributed by atoms with Crippen molar-refractivity contribution < 1.29 is 19.1 Å². The monoisotopic (exact) mass is 382 g/mol. The van der Waals surface area contributed by atoms with Crippen molar-refractivity contribution in [1.29, 1.82) is 0 Å². The molecular formula is C22H26N2O4. The van der Waals surface area contributed by atoms with Crippen molar-refractivity contribution in [2.24, 2.45) is 0 Å². The largest absolute Gasteiger partial charge is 0.494 e. The van der Waals surface area contributed by atoms with E-state index in [2.05, 4.69) is 5.32 Å². The molecule has 0 aliphatic carbocycles. The van der Waals surface area contributed by atoms with Crippen LogP contribution in [-0.2, 0) is 16.1 Å². The van der Waals surface area contributed by atoms with Gasteiger partial charge >= 0.3 is 0 Å². The molecule has 1 heterocycles. The second-order valence-corrected chi connectivity index (χ2v) is 6.64. The maximum absolute atomic E-state index is 13.0. The van der Waals surface area contributed by atoms with Crippen molar-refractivity contribution >= 4 is 11.8 Å². The van der Waals surface area contributed by atoms with Crippen molar-refractivity contribution in [2.45, 2.75) is 25.9 Å². The van der Waals surface area contributed by atoms with Gasteiger partial charge in [0.25, 0.3) is 5.91 Å². The third-order valence-electron chi connectivity index (χ3n) is 4.72. The molecule has 2 aromatic rings. The molecule has 0 radical (unpaired) electrons. The summed E-state index contributed by atoms with van der Waals surface area (Å²) in [4.78, 5) is 27.5. The minimum Gasteiger partial charge on any atom is -0.494 e. The highest BCUT2D eigenvalue weighted by Gasteiger charge is 2.40. The molecule has 1 atom stereocenters. The number of methoxy groups -OCH3 is 1. The summed E-state index contributed by atoms with van der Waals surface area (Å²) in [5, 5.41) is 2.93. The number of hydrogen-bond donors (Lipinski definition) is 1. The van der Waals surface area contributed by atoms with E-state index < -0.39 is 6.04 Å². The summed E-state index contributed by atoms with van der Waals surface area (Å²) in [5.41, 5.74) is 2.29. The van der Waals surface area contributed by atoms with Crippen LogP contribution in [0.15, 0.2) is 48.5 Å². The number of ether oxygens (including phenoxy) is 2. The third kappa shape index (κ3) is 4.34. The number of hydrogen-bond acceptors (Lipinski definition) is 4. The number of nitrogens with zero attached hydrogens (tertiary/aromatic N) is 1. The van der Waals surface area contributed by atoms with Crippen LogP contribution >= 0.6 is 0 Å². The summed E-state index contributed by atoms with van der Waals surface area (Å²) in [6.07, 6.45) is 0.726. The molecule has 0 saturated carbocycles. The lowest BCUT2D eigenvalue weighted by molar-refractivity contribution is -0.125. The number of carbonyl (C=O) groups excluding carboxylic acids is 2. The molecule has 0 fully saturated rings. The molecule has 1 N–H and O–H groups in total. The maximum atomic E-state index is 13.0. The van der Waals surface area contributed by atoms with Gasteiger partial charge in [0.1, 0.15) is 11.8 Å². The quantitative estimate of drug-likeness (QED) is 0.677. The van der Waals surface area contributed by atoms with Gasteiger partial charge in [0.2, 0.25) is 5.91 Å². The summed E-state index contributed by atoms with van der Waals surface area (Å²) in [6.45, 7) is 3.98. The smallest absolute Gasteiger partial charge is 0.255 e. The number of fused-ring (bicyclic) bond motifs is 1. The second-order valence-electron chi connectivity index (χ2n) is 6.64. The third-order valence-corrected chi connectivity index (χ3v) is 4.72. The maximum Gasteiger partial charge on any atom is 0.255 e. The van der Waals surface area contributed by atoms with Gasteiger partial charge in [0.15, 0.2) is 0 Å². The molecule has 148 valence electrons. The van der Waals surface area contributed by atoms with E-state index in [1.807, 2.05) is 49.4 Å². The van der Waals surface area contributed by atoms with Crippen LogP contribution in [0.5, 0.6) is 5.75 Å². The molecule has 1 aliphatic heterocycles. The zero-order valence-corrected chi connectivity index (χ0v) is 16.3. The van der Waals surface area contributed by atoms with Gasteiger partial charge in [-0.15, -0.1) is 0 Å². The van der Waals surface area contributed by atoms with Crippen LogP contribution in [0, 0.1) is 0 Å². The number of amides is 2. The lowest BCUT2D eigenvalue weighted by Crippen LogP contribution is -2.39. The van der Waals surface area contributed by atoms with E-state index in [-0.39, 0.29) is 11.8 Å². The second kappa shape index (κ2) is 9.37. The van der Waals surface area contributed by atoms with Gasteiger partial charge in [-0.2, -0.15) is 0 Å². The topological polar surface area (TPSA) is 67.9 Å².